The molecule has 7 nitrogen and oxygen atoms in total. The van der Waals surface area contributed by atoms with Crippen LogP contribution in [0.25, 0.3) is 11.1 Å². The molecule has 0 bridgehead atoms. The zero-order valence-corrected chi connectivity index (χ0v) is 19.0. The first-order valence-corrected chi connectivity index (χ1v) is 11.9. The van der Waals surface area contributed by atoms with Crippen LogP contribution < -0.4 is 5.32 Å². The summed E-state index contributed by atoms with van der Waals surface area (Å²) in [5.41, 5.74) is 2.45. The predicted molar refractivity (Wildman–Crippen MR) is 124 cm³/mol. The average molecular weight is 480 g/mol. The van der Waals surface area contributed by atoms with Gasteiger partial charge in [-0.1, -0.05) is 18.2 Å². The molecule has 4 heterocycles. The molecule has 2 amide bonds. The third-order valence-electron chi connectivity index (χ3n) is 6.17. The monoisotopic (exact) mass is 479 g/mol. The van der Waals surface area contributed by atoms with Crippen molar-refractivity contribution in [1.29, 1.82) is 0 Å². The van der Waals surface area contributed by atoms with Crippen molar-refractivity contribution >= 4 is 28.9 Å². The van der Waals surface area contributed by atoms with Gasteiger partial charge >= 0.3 is 0 Å². The number of aromatic nitrogens is 1. The highest BCUT2D eigenvalue weighted by Gasteiger charge is 2.48. The highest BCUT2D eigenvalue weighted by atomic mass is 32.1. The molecule has 2 aromatic heterocycles. The van der Waals surface area contributed by atoms with Crippen LogP contribution >= 0.6 is 11.3 Å². The van der Waals surface area contributed by atoms with Crippen molar-refractivity contribution < 1.29 is 23.5 Å². The van der Waals surface area contributed by atoms with Crippen molar-refractivity contribution in [2.45, 2.75) is 31.0 Å². The second kappa shape index (κ2) is 9.44. The topological polar surface area (TPSA) is 88.6 Å². The Morgan fingerprint density at radius 1 is 1.24 bits per heavy atom. The van der Waals surface area contributed by atoms with E-state index in [1.807, 2.05) is 17.5 Å². The van der Waals surface area contributed by atoms with E-state index in [4.69, 9.17) is 4.74 Å². The van der Waals surface area contributed by atoms with E-state index in [1.165, 1.54) is 28.4 Å². The van der Waals surface area contributed by atoms with Crippen molar-refractivity contribution in [3.05, 3.63) is 76.5 Å². The van der Waals surface area contributed by atoms with Crippen LogP contribution in [0.1, 0.15) is 21.7 Å². The number of carbonyl (C=O) groups excluding carboxylic acids is 3. The summed E-state index contributed by atoms with van der Waals surface area (Å²) in [5, 5.41) is 4.71. The van der Waals surface area contributed by atoms with Gasteiger partial charge in [-0.05, 0) is 47.2 Å². The van der Waals surface area contributed by atoms with Crippen molar-refractivity contribution in [2.75, 3.05) is 13.2 Å². The molecule has 2 aliphatic heterocycles. The van der Waals surface area contributed by atoms with Crippen molar-refractivity contribution in [3.8, 4) is 11.1 Å². The zero-order chi connectivity index (χ0) is 23.7. The van der Waals surface area contributed by atoms with E-state index in [-0.39, 0.29) is 42.5 Å². The molecule has 174 valence electrons. The molecule has 34 heavy (non-hydrogen) atoms. The lowest BCUT2D eigenvalue weighted by Crippen LogP contribution is -2.53. The lowest BCUT2D eigenvalue weighted by Gasteiger charge is -2.27. The van der Waals surface area contributed by atoms with E-state index >= 15 is 0 Å². The molecule has 3 atom stereocenters. The number of hydrogen-bond acceptors (Lipinski definition) is 6. The molecule has 2 saturated heterocycles. The summed E-state index contributed by atoms with van der Waals surface area (Å²) in [6.45, 7) is 0.389. The second-order valence-corrected chi connectivity index (χ2v) is 9.29. The van der Waals surface area contributed by atoms with Gasteiger partial charge in [-0.15, -0.1) is 11.3 Å². The van der Waals surface area contributed by atoms with E-state index in [1.54, 1.807) is 30.6 Å². The maximum Gasteiger partial charge on any atom is 0.262 e. The van der Waals surface area contributed by atoms with Gasteiger partial charge < -0.3 is 15.0 Å². The Kier molecular flexibility index (Phi) is 6.21. The Labute approximate surface area is 199 Å². The van der Waals surface area contributed by atoms with Crippen molar-refractivity contribution in [2.24, 2.45) is 0 Å². The van der Waals surface area contributed by atoms with Crippen LogP contribution in [-0.2, 0) is 20.7 Å². The number of ketones is 1. The van der Waals surface area contributed by atoms with Crippen LogP contribution in [-0.4, -0.2) is 58.8 Å². The lowest BCUT2D eigenvalue weighted by atomic mass is 10.0. The summed E-state index contributed by atoms with van der Waals surface area (Å²) >= 11 is 1.27. The third kappa shape index (κ3) is 4.49. The van der Waals surface area contributed by atoms with Crippen LogP contribution in [0.4, 0.5) is 4.39 Å². The summed E-state index contributed by atoms with van der Waals surface area (Å²) in [7, 11) is 0. The molecular weight excluding hydrogens is 457 g/mol. The first kappa shape index (κ1) is 22.4. The number of hydrogen-bond donors (Lipinski definition) is 1. The minimum atomic E-state index is -0.908. The molecule has 2 aliphatic rings. The van der Waals surface area contributed by atoms with Crippen LogP contribution in [0.5, 0.6) is 0 Å². The number of benzene rings is 1. The molecule has 0 spiro atoms. The van der Waals surface area contributed by atoms with Gasteiger partial charge in [-0.3, -0.25) is 19.4 Å². The average Bonchev–Trinajstić information content (AvgIpc) is 3.58. The van der Waals surface area contributed by atoms with E-state index in [0.29, 0.717) is 23.4 Å². The maximum atomic E-state index is 13.5. The summed E-state index contributed by atoms with van der Waals surface area (Å²) in [4.78, 5) is 45.0. The minimum Gasteiger partial charge on any atom is -0.368 e. The van der Waals surface area contributed by atoms with Crippen molar-refractivity contribution in [1.82, 2.24) is 15.2 Å². The SMILES string of the molecule is O=C(NC(Cc1ccc(F)cc1)C(=O)N1CCC2OCC(=O)C21)c1cc(-c2cccnc2)cs1. The highest BCUT2D eigenvalue weighted by molar-refractivity contribution is 7.12. The molecule has 0 radical (unpaired) electrons. The number of halogens is 1. The number of ether oxygens (including phenoxy) is 1. The van der Waals surface area contributed by atoms with Crippen LogP contribution in [0.2, 0.25) is 0 Å². The Bertz CT molecular complexity index is 1210. The van der Waals surface area contributed by atoms with Crippen LogP contribution in [0, 0.1) is 5.82 Å². The molecule has 3 aromatic rings. The Morgan fingerprint density at radius 3 is 2.82 bits per heavy atom. The summed E-state index contributed by atoms with van der Waals surface area (Å²) < 4.78 is 18.9. The van der Waals surface area contributed by atoms with Gasteiger partial charge in [0.2, 0.25) is 5.91 Å². The van der Waals surface area contributed by atoms with E-state index in [2.05, 4.69) is 10.3 Å². The normalized spacial score (nSPS) is 20.3. The number of carbonyl (C=O) groups is 3. The molecule has 0 saturated carbocycles. The fourth-order valence-corrected chi connectivity index (χ4v) is 5.29. The van der Waals surface area contributed by atoms with Gasteiger partial charge in [-0.25, -0.2) is 4.39 Å². The summed E-state index contributed by atoms with van der Waals surface area (Å²) in [6.07, 6.45) is 3.86. The molecule has 5 rings (SSSR count). The fraction of sp³-hybridized carbons (Fsp3) is 0.280. The number of nitrogens with zero attached hydrogens (tertiary/aromatic N) is 2. The van der Waals surface area contributed by atoms with Gasteiger partial charge in [-0.2, -0.15) is 0 Å². The first-order valence-electron chi connectivity index (χ1n) is 11.0. The number of pyridine rings is 1. The number of Topliss-reactive ketones (excluding diaryl/α,β-unsaturated/α-hetero) is 1. The fourth-order valence-electron chi connectivity index (χ4n) is 4.47. The third-order valence-corrected chi connectivity index (χ3v) is 7.10. The second-order valence-electron chi connectivity index (χ2n) is 8.38. The van der Waals surface area contributed by atoms with E-state index < -0.39 is 12.1 Å². The number of thiophene rings is 1. The van der Waals surface area contributed by atoms with Gasteiger partial charge in [0.1, 0.15) is 24.5 Å². The molecule has 2 fully saturated rings. The van der Waals surface area contributed by atoms with Gasteiger partial charge in [0.25, 0.3) is 5.91 Å². The Hall–Kier alpha value is -3.43. The van der Waals surface area contributed by atoms with E-state index in [0.717, 1.165) is 11.1 Å². The first-order chi connectivity index (χ1) is 16.5. The lowest BCUT2D eigenvalue weighted by molar-refractivity contribution is -0.138. The largest absolute Gasteiger partial charge is 0.368 e. The van der Waals surface area contributed by atoms with Crippen molar-refractivity contribution in [3.63, 3.8) is 0 Å². The van der Waals surface area contributed by atoms with Crippen LogP contribution in [0.3, 0.4) is 0 Å². The zero-order valence-electron chi connectivity index (χ0n) is 18.1. The number of rotatable bonds is 6. The number of amides is 2. The molecule has 1 N–H and O–H groups in total. The molecule has 3 unspecified atom stereocenters. The smallest absolute Gasteiger partial charge is 0.262 e. The number of nitrogens with one attached hydrogen (secondary N) is 1. The minimum absolute atomic E-state index is 0.000413. The standard InChI is InChI=1S/C25H22FN3O4S/c26-18-5-3-15(4-6-18)10-19(25(32)29-9-7-21-23(29)20(30)13-33-21)28-24(31)22-11-17(14-34-22)16-2-1-8-27-12-16/h1-6,8,11-12,14,19,21,23H,7,9-10,13H2,(H,28,31). The summed E-state index contributed by atoms with van der Waals surface area (Å²) in [6, 6.07) is 9.78. The Balaban J connectivity index is 1.37. The molecule has 1 aromatic carbocycles. The maximum absolute atomic E-state index is 13.5. The summed E-state index contributed by atoms with van der Waals surface area (Å²) in [5.74, 6) is -1.23. The number of fused-ring (bicyclic) bond motifs is 1. The van der Waals surface area contributed by atoms with Crippen LogP contribution in [0.15, 0.2) is 60.2 Å². The van der Waals surface area contributed by atoms with Gasteiger partial charge in [0.05, 0.1) is 11.0 Å². The highest BCUT2D eigenvalue weighted by Crippen LogP contribution is 2.28. The van der Waals surface area contributed by atoms with Gasteiger partial charge in [0, 0.05) is 30.9 Å². The Morgan fingerprint density at radius 2 is 2.06 bits per heavy atom. The molecular formula is C25H22FN3O4S. The van der Waals surface area contributed by atoms with Gasteiger partial charge in [0.15, 0.2) is 5.78 Å². The molecule has 9 heteroatoms. The quantitative estimate of drug-likeness (QED) is 0.588. The molecule has 0 aliphatic carbocycles. The van der Waals surface area contributed by atoms with E-state index in [9.17, 15) is 18.8 Å². The number of likely N-dealkylation sites (tertiary alicyclic amines) is 1. The predicted octanol–water partition coefficient (Wildman–Crippen LogP) is 2.86.